The number of carbonyl (C=O) groups excluding carboxylic acids is 2. The number of nitrogens with zero attached hydrogens (tertiary/aromatic N) is 1. The van der Waals surface area contributed by atoms with Gasteiger partial charge in [0.05, 0.1) is 17.8 Å². The number of aliphatic hydroxyl groups is 1. The van der Waals surface area contributed by atoms with Crippen LogP contribution in [-0.4, -0.2) is 23.5 Å². The molecule has 0 spiro atoms. The zero-order valence-corrected chi connectivity index (χ0v) is 14.2. The van der Waals surface area contributed by atoms with Crippen molar-refractivity contribution >= 4 is 29.1 Å². The van der Waals surface area contributed by atoms with Gasteiger partial charge in [0.2, 0.25) is 0 Å². The molecule has 2 aromatic carbocycles. The molecule has 2 rings (SSSR count). The summed E-state index contributed by atoms with van der Waals surface area (Å²) in [5.74, 6) is -1.89. The Morgan fingerprint density at radius 2 is 1.88 bits per heavy atom. The van der Waals surface area contributed by atoms with E-state index in [1.165, 1.54) is 25.1 Å². The predicted molar refractivity (Wildman–Crippen MR) is 93.8 cm³/mol. The van der Waals surface area contributed by atoms with Crippen LogP contribution in [0.2, 0.25) is 5.02 Å². The van der Waals surface area contributed by atoms with Crippen molar-refractivity contribution in [2.75, 3.05) is 11.9 Å². The molecule has 2 aromatic rings. The van der Waals surface area contributed by atoms with Gasteiger partial charge in [-0.2, -0.15) is 5.26 Å². The first kappa shape index (κ1) is 18.5. The smallest absolute Gasteiger partial charge is 0.313 e. The average molecular weight is 358 g/mol. The van der Waals surface area contributed by atoms with Crippen LogP contribution >= 0.6 is 11.6 Å². The third-order valence-corrected chi connectivity index (χ3v) is 3.78. The molecule has 0 aliphatic rings. The van der Waals surface area contributed by atoms with E-state index in [-0.39, 0.29) is 17.8 Å². The van der Waals surface area contributed by atoms with E-state index < -0.39 is 17.4 Å². The highest BCUT2D eigenvalue weighted by molar-refractivity contribution is 6.40. The first-order chi connectivity index (χ1) is 11.8. The number of benzene rings is 2. The minimum Gasteiger partial charge on any atom is -0.384 e. The molecule has 7 heteroatoms. The van der Waals surface area contributed by atoms with Crippen molar-refractivity contribution < 1.29 is 14.7 Å². The maximum atomic E-state index is 12.0. The topological polar surface area (TPSA) is 102 Å². The number of anilines is 1. The van der Waals surface area contributed by atoms with Gasteiger partial charge in [0.15, 0.2) is 0 Å². The molecule has 1 atom stereocenters. The Bertz CT molecular complexity index is 829. The maximum Gasteiger partial charge on any atom is 0.313 e. The summed E-state index contributed by atoms with van der Waals surface area (Å²) in [6.07, 6.45) is 0. The molecule has 0 saturated carbocycles. The van der Waals surface area contributed by atoms with Crippen LogP contribution in [0.1, 0.15) is 18.1 Å². The Balaban J connectivity index is 2.01. The van der Waals surface area contributed by atoms with Crippen LogP contribution in [0.4, 0.5) is 5.69 Å². The molecule has 0 radical (unpaired) electrons. The Hall–Kier alpha value is -2.88. The van der Waals surface area contributed by atoms with E-state index in [1.54, 1.807) is 24.3 Å². The molecule has 2 amide bonds. The lowest BCUT2D eigenvalue weighted by atomic mass is 9.96. The van der Waals surface area contributed by atoms with Crippen molar-refractivity contribution in [2.24, 2.45) is 0 Å². The van der Waals surface area contributed by atoms with E-state index in [1.807, 2.05) is 12.1 Å². The summed E-state index contributed by atoms with van der Waals surface area (Å²) in [6, 6.07) is 15.0. The monoisotopic (exact) mass is 357 g/mol. The van der Waals surface area contributed by atoms with Gasteiger partial charge in [-0.3, -0.25) is 9.59 Å². The van der Waals surface area contributed by atoms with Crippen molar-refractivity contribution in [1.82, 2.24) is 5.32 Å². The lowest BCUT2D eigenvalue weighted by molar-refractivity contribution is -0.136. The third kappa shape index (κ3) is 4.80. The summed E-state index contributed by atoms with van der Waals surface area (Å²) in [5, 5.41) is 24.5. The number of nitrogens with one attached hydrogen (secondary N) is 2. The van der Waals surface area contributed by atoms with Crippen LogP contribution in [0.15, 0.2) is 48.5 Å². The molecule has 0 aliphatic heterocycles. The Labute approximate surface area is 150 Å². The molecule has 0 heterocycles. The molecule has 25 heavy (non-hydrogen) atoms. The average Bonchev–Trinajstić information content (AvgIpc) is 2.60. The van der Waals surface area contributed by atoms with Gasteiger partial charge >= 0.3 is 11.8 Å². The third-order valence-electron chi connectivity index (χ3n) is 3.55. The van der Waals surface area contributed by atoms with Gasteiger partial charge in [0.1, 0.15) is 11.7 Å². The standard InChI is InChI=1S/C18H16ClN3O3/c1-18(25,13-5-3-2-4-6-13)11-21-16(23)17(24)22-15-9-14(19)8-7-12(15)10-20/h2-9,25H,11H2,1H3,(H,21,23)(H,22,24)/t18-/m0/s1. The van der Waals surface area contributed by atoms with Crippen LogP contribution in [-0.2, 0) is 15.2 Å². The second kappa shape index (κ2) is 7.79. The number of halogens is 1. The number of amides is 2. The number of carbonyl (C=O) groups is 2. The zero-order chi connectivity index (χ0) is 18.4. The fourth-order valence-corrected chi connectivity index (χ4v) is 2.30. The van der Waals surface area contributed by atoms with Crippen molar-refractivity contribution in [3.63, 3.8) is 0 Å². The van der Waals surface area contributed by atoms with Gasteiger partial charge < -0.3 is 15.7 Å². The van der Waals surface area contributed by atoms with Gasteiger partial charge in [-0.25, -0.2) is 0 Å². The molecule has 0 bridgehead atoms. The van der Waals surface area contributed by atoms with Gasteiger partial charge in [-0.15, -0.1) is 0 Å². The largest absolute Gasteiger partial charge is 0.384 e. The lowest BCUT2D eigenvalue weighted by Gasteiger charge is -2.24. The van der Waals surface area contributed by atoms with E-state index >= 15 is 0 Å². The SMILES string of the molecule is C[C@](O)(CNC(=O)C(=O)Nc1cc(Cl)ccc1C#N)c1ccccc1. The number of nitriles is 1. The van der Waals surface area contributed by atoms with E-state index in [2.05, 4.69) is 10.6 Å². The molecule has 0 aromatic heterocycles. The predicted octanol–water partition coefficient (Wildman–Crippen LogP) is 2.17. The van der Waals surface area contributed by atoms with Crippen LogP contribution in [0.25, 0.3) is 0 Å². The van der Waals surface area contributed by atoms with Crippen molar-refractivity contribution in [2.45, 2.75) is 12.5 Å². The number of hydrogen-bond donors (Lipinski definition) is 3. The van der Waals surface area contributed by atoms with E-state index in [0.717, 1.165) is 0 Å². The normalized spacial score (nSPS) is 12.6. The molecular weight excluding hydrogens is 342 g/mol. The van der Waals surface area contributed by atoms with Crippen LogP contribution in [0.3, 0.4) is 0 Å². The van der Waals surface area contributed by atoms with Gasteiger partial charge in [0, 0.05) is 5.02 Å². The maximum absolute atomic E-state index is 12.0. The van der Waals surface area contributed by atoms with Crippen molar-refractivity contribution in [3.05, 3.63) is 64.7 Å². The second-order valence-corrected chi connectivity index (χ2v) is 6.01. The molecule has 0 saturated heterocycles. The quantitative estimate of drug-likeness (QED) is 0.730. The highest BCUT2D eigenvalue weighted by Gasteiger charge is 2.25. The Morgan fingerprint density at radius 3 is 2.52 bits per heavy atom. The Kier molecular flexibility index (Phi) is 5.75. The fourth-order valence-electron chi connectivity index (χ4n) is 2.13. The molecule has 0 fully saturated rings. The molecule has 6 nitrogen and oxygen atoms in total. The molecule has 128 valence electrons. The molecule has 0 aliphatic carbocycles. The second-order valence-electron chi connectivity index (χ2n) is 5.58. The van der Waals surface area contributed by atoms with Crippen molar-refractivity contribution in [1.29, 1.82) is 5.26 Å². The molecule has 0 unspecified atom stereocenters. The fraction of sp³-hybridized carbons (Fsp3) is 0.167. The van der Waals surface area contributed by atoms with Crippen LogP contribution < -0.4 is 10.6 Å². The first-order valence-electron chi connectivity index (χ1n) is 7.40. The summed E-state index contributed by atoms with van der Waals surface area (Å²) in [5.41, 5.74) is -0.394. The van der Waals surface area contributed by atoms with E-state index in [4.69, 9.17) is 16.9 Å². The Morgan fingerprint density at radius 1 is 1.20 bits per heavy atom. The summed E-state index contributed by atoms with van der Waals surface area (Å²) in [6.45, 7) is 1.38. The molecular formula is C18H16ClN3O3. The highest BCUT2D eigenvalue weighted by atomic mass is 35.5. The van der Waals surface area contributed by atoms with E-state index in [0.29, 0.717) is 10.6 Å². The van der Waals surface area contributed by atoms with Gasteiger partial charge in [-0.1, -0.05) is 41.9 Å². The number of hydrogen-bond acceptors (Lipinski definition) is 4. The summed E-state index contributed by atoms with van der Waals surface area (Å²) < 4.78 is 0. The minimum absolute atomic E-state index is 0.143. The summed E-state index contributed by atoms with van der Waals surface area (Å²) in [4.78, 5) is 23.9. The van der Waals surface area contributed by atoms with Gasteiger partial charge in [0.25, 0.3) is 0 Å². The van der Waals surface area contributed by atoms with Crippen LogP contribution in [0, 0.1) is 11.3 Å². The van der Waals surface area contributed by atoms with E-state index in [9.17, 15) is 14.7 Å². The van der Waals surface area contributed by atoms with Crippen LogP contribution in [0.5, 0.6) is 0 Å². The number of rotatable bonds is 4. The lowest BCUT2D eigenvalue weighted by Crippen LogP contribution is -2.43. The van der Waals surface area contributed by atoms with Crippen molar-refractivity contribution in [3.8, 4) is 6.07 Å². The minimum atomic E-state index is -1.33. The molecule has 3 N–H and O–H groups in total. The summed E-state index contributed by atoms with van der Waals surface area (Å²) >= 11 is 5.83. The zero-order valence-electron chi connectivity index (χ0n) is 13.4. The van der Waals surface area contributed by atoms with Gasteiger partial charge in [-0.05, 0) is 30.7 Å². The highest BCUT2D eigenvalue weighted by Crippen LogP contribution is 2.21. The summed E-state index contributed by atoms with van der Waals surface area (Å²) in [7, 11) is 0. The first-order valence-corrected chi connectivity index (χ1v) is 7.78.